The molecule has 1 N–H and O–H groups in total. The van der Waals surface area contributed by atoms with Gasteiger partial charge in [0.25, 0.3) is 0 Å². The Morgan fingerprint density at radius 2 is 1.84 bits per heavy atom. The molecule has 2 rings (SSSR count). The van der Waals surface area contributed by atoms with Crippen LogP contribution in [-0.2, 0) is 0 Å². The van der Waals surface area contributed by atoms with Gasteiger partial charge in [-0.25, -0.2) is 0 Å². The van der Waals surface area contributed by atoms with Crippen molar-refractivity contribution in [1.82, 2.24) is 0 Å². The molecule has 0 radical (unpaired) electrons. The fraction of sp³-hybridized carbons (Fsp3) is 0.231. The molecule has 0 bridgehead atoms. The summed E-state index contributed by atoms with van der Waals surface area (Å²) in [5, 5.41) is 10.7. The van der Waals surface area contributed by atoms with Crippen LogP contribution in [0, 0.1) is 0 Å². The molecule has 1 unspecified atom stereocenters. The van der Waals surface area contributed by atoms with Crippen LogP contribution in [0.5, 0.6) is 11.5 Å². The van der Waals surface area contributed by atoms with Gasteiger partial charge in [-0.2, -0.15) is 0 Å². The summed E-state index contributed by atoms with van der Waals surface area (Å²) in [5.41, 5.74) is 0.554. The SMILES string of the molecule is COc1ccc(C(O)c2ccc(Cl)s2)c(Cl)c1OC. The van der Waals surface area contributed by atoms with Gasteiger partial charge in [0, 0.05) is 10.4 Å². The Labute approximate surface area is 125 Å². The van der Waals surface area contributed by atoms with E-state index in [1.54, 1.807) is 24.3 Å². The number of rotatable bonds is 4. The average molecular weight is 319 g/mol. The highest BCUT2D eigenvalue weighted by Gasteiger charge is 2.20. The summed E-state index contributed by atoms with van der Waals surface area (Å²) in [6, 6.07) is 6.92. The predicted octanol–water partition coefficient (Wildman–Crippen LogP) is 4.15. The van der Waals surface area contributed by atoms with E-state index in [0.717, 1.165) is 4.88 Å². The van der Waals surface area contributed by atoms with Crippen molar-refractivity contribution in [3.63, 3.8) is 0 Å². The van der Waals surface area contributed by atoms with Crippen LogP contribution >= 0.6 is 34.5 Å². The van der Waals surface area contributed by atoms with Gasteiger partial charge in [0.15, 0.2) is 11.5 Å². The van der Waals surface area contributed by atoms with Crippen LogP contribution in [-0.4, -0.2) is 19.3 Å². The number of halogens is 2. The number of hydrogen-bond acceptors (Lipinski definition) is 4. The van der Waals surface area contributed by atoms with Crippen LogP contribution in [0.15, 0.2) is 24.3 Å². The second kappa shape index (κ2) is 6.01. The Bertz CT molecular complexity index is 583. The van der Waals surface area contributed by atoms with Crippen LogP contribution in [0.3, 0.4) is 0 Å². The van der Waals surface area contributed by atoms with Crippen LogP contribution < -0.4 is 9.47 Å². The van der Waals surface area contributed by atoms with Gasteiger partial charge < -0.3 is 14.6 Å². The van der Waals surface area contributed by atoms with E-state index in [0.29, 0.717) is 26.4 Å². The Morgan fingerprint density at radius 3 is 2.37 bits per heavy atom. The highest BCUT2D eigenvalue weighted by Crippen LogP contribution is 2.42. The molecule has 0 saturated carbocycles. The zero-order valence-corrected chi connectivity index (χ0v) is 12.6. The van der Waals surface area contributed by atoms with Crippen molar-refractivity contribution >= 4 is 34.5 Å². The Balaban J connectivity index is 2.45. The fourth-order valence-corrected chi connectivity index (χ4v) is 3.15. The molecule has 1 atom stereocenters. The molecule has 1 aromatic heterocycles. The van der Waals surface area contributed by atoms with E-state index in [9.17, 15) is 5.11 Å². The molecule has 6 heteroatoms. The lowest BCUT2D eigenvalue weighted by Crippen LogP contribution is -2.01. The van der Waals surface area contributed by atoms with Gasteiger partial charge in [-0.15, -0.1) is 11.3 Å². The summed E-state index contributed by atoms with van der Waals surface area (Å²) in [5.74, 6) is 0.927. The lowest BCUT2D eigenvalue weighted by molar-refractivity contribution is 0.223. The van der Waals surface area contributed by atoms with E-state index in [2.05, 4.69) is 0 Å². The second-order valence-electron chi connectivity index (χ2n) is 3.75. The van der Waals surface area contributed by atoms with Crippen molar-refractivity contribution in [3.8, 4) is 11.5 Å². The molecular formula is C13H12Cl2O3S. The summed E-state index contributed by atoms with van der Waals surface area (Å²) >= 11 is 13.4. The van der Waals surface area contributed by atoms with Crippen molar-refractivity contribution in [2.45, 2.75) is 6.10 Å². The Kier molecular flexibility index (Phi) is 4.58. The van der Waals surface area contributed by atoms with Gasteiger partial charge in [-0.3, -0.25) is 0 Å². The molecular weight excluding hydrogens is 307 g/mol. The number of aliphatic hydroxyl groups is 1. The van der Waals surface area contributed by atoms with Gasteiger partial charge >= 0.3 is 0 Å². The third-order valence-corrected chi connectivity index (χ3v) is 4.35. The first-order valence-electron chi connectivity index (χ1n) is 5.42. The van der Waals surface area contributed by atoms with Crippen LogP contribution in [0.1, 0.15) is 16.5 Å². The predicted molar refractivity (Wildman–Crippen MR) is 77.9 cm³/mol. The maximum atomic E-state index is 10.3. The molecule has 0 aliphatic carbocycles. The van der Waals surface area contributed by atoms with Gasteiger partial charge in [0.05, 0.1) is 23.6 Å². The van der Waals surface area contributed by atoms with E-state index < -0.39 is 6.10 Å². The zero-order valence-electron chi connectivity index (χ0n) is 10.3. The first-order valence-corrected chi connectivity index (χ1v) is 6.99. The third kappa shape index (κ3) is 2.82. The molecule has 0 fully saturated rings. The standard InChI is InChI=1S/C13H12Cl2O3S/c1-17-8-4-3-7(11(15)13(8)18-2)12(16)9-5-6-10(14)19-9/h3-6,12,16H,1-2H3. The fourth-order valence-electron chi connectivity index (χ4n) is 1.74. The van der Waals surface area contributed by atoms with Gasteiger partial charge in [0.1, 0.15) is 6.10 Å². The first-order chi connectivity index (χ1) is 9.08. The third-order valence-electron chi connectivity index (χ3n) is 2.67. The largest absolute Gasteiger partial charge is 0.493 e. The normalized spacial score (nSPS) is 12.3. The maximum absolute atomic E-state index is 10.3. The minimum Gasteiger partial charge on any atom is -0.493 e. The molecule has 0 saturated heterocycles. The Hall–Kier alpha value is -0.940. The van der Waals surface area contributed by atoms with Crippen LogP contribution in [0.2, 0.25) is 9.36 Å². The molecule has 0 aliphatic heterocycles. The van der Waals surface area contributed by atoms with Gasteiger partial charge in [0.2, 0.25) is 0 Å². The number of benzene rings is 1. The number of aliphatic hydroxyl groups excluding tert-OH is 1. The minimum absolute atomic E-state index is 0.332. The molecule has 102 valence electrons. The lowest BCUT2D eigenvalue weighted by Gasteiger charge is -2.15. The second-order valence-corrected chi connectivity index (χ2v) is 5.87. The van der Waals surface area contributed by atoms with Crippen molar-refractivity contribution < 1.29 is 14.6 Å². The summed E-state index contributed by atoms with van der Waals surface area (Å²) in [6.07, 6.45) is -0.843. The monoisotopic (exact) mass is 318 g/mol. The van der Waals surface area contributed by atoms with Crippen molar-refractivity contribution in [2.24, 2.45) is 0 Å². The number of thiophene rings is 1. The molecule has 3 nitrogen and oxygen atoms in total. The average Bonchev–Trinajstić information content (AvgIpc) is 2.84. The highest BCUT2D eigenvalue weighted by atomic mass is 35.5. The molecule has 0 aliphatic rings. The van der Waals surface area contributed by atoms with E-state index >= 15 is 0 Å². The van der Waals surface area contributed by atoms with E-state index in [-0.39, 0.29) is 0 Å². The number of hydrogen-bond donors (Lipinski definition) is 1. The van der Waals surface area contributed by atoms with E-state index in [4.69, 9.17) is 32.7 Å². The topological polar surface area (TPSA) is 38.7 Å². The van der Waals surface area contributed by atoms with Gasteiger partial charge in [-0.05, 0) is 18.2 Å². The van der Waals surface area contributed by atoms with Crippen molar-refractivity contribution in [3.05, 3.63) is 44.1 Å². The summed E-state index contributed by atoms with van der Waals surface area (Å²) in [6.45, 7) is 0. The van der Waals surface area contributed by atoms with Gasteiger partial charge in [-0.1, -0.05) is 29.3 Å². The lowest BCUT2D eigenvalue weighted by atomic mass is 10.1. The van der Waals surface area contributed by atoms with Crippen LogP contribution in [0.25, 0.3) is 0 Å². The quantitative estimate of drug-likeness (QED) is 0.920. The van der Waals surface area contributed by atoms with Crippen molar-refractivity contribution in [1.29, 1.82) is 0 Å². The summed E-state index contributed by atoms with van der Waals surface area (Å²) < 4.78 is 11.0. The Morgan fingerprint density at radius 1 is 1.11 bits per heavy atom. The number of methoxy groups -OCH3 is 2. The molecule has 2 aromatic rings. The summed E-state index contributed by atoms with van der Waals surface area (Å²) in [4.78, 5) is 0.721. The number of ether oxygens (including phenoxy) is 2. The zero-order chi connectivity index (χ0) is 14.0. The van der Waals surface area contributed by atoms with E-state index in [1.165, 1.54) is 25.6 Å². The minimum atomic E-state index is -0.843. The first kappa shape index (κ1) is 14.5. The van der Waals surface area contributed by atoms with Crippen LogP contribution in [0.4, 0.5) is 0 Å². The molecule has 19 heavy (non-hydrogen) atoms. The smallest absolute Gasteiger partial charge is 0.179 e. The molecule has 0 amide bonds. The summed E-state index contributed by atoms with van der Waals surface area (Å²) in [7, 11) is 3.03. The van der Waals surface area contributed by atoms with Crippen molar-refractivity contribution in [2.75, 3.05) is 14.2 Å². The van der Waals surface area contributed by atoms with E-state index in [1.807, 2.05) is 0 Å². The molecule has 1 aromatic carbocycles. The molecule has 0 spiro atoms. The molecule has 1 heterocycles. The highest BCUT2D eigenvalue weighted by molar-refractivity contribution is 7.16. The maximum Gasteiger partial charge on any atom is 0.179 e.